The first-order valence-corrected chi connectivity index (χ1v) is 10.1. The van der Waals surface area contributed by atoms with E-state index in [0.717, 1.165) is 66.2 Å². The maximum absolute atomic E-state index is 9.58. The van der Waals surface area contributed by atoms with Gasteiger partial charge in [0.05, 0.1) is 23.5 Å². The van der Waals surface area contributed by atoms with Crippen LogP contribution in [0, 0.1) is 11.3 Å². The number of nitriles is 1. The van der Waals surface area contributed by atoms with E-state index in [9.17, 15) is 5.26 Å². The van der Waals surface area contributed by atoms with E-state index >= 15 is 0 Å². The molecule has 1 fully saturated rings. The number of hydrogen-bond donors (Lipinski definition) is 1. The van der Waals surface area contributed by atoms with E-state index in [2.05, 4.69) is 44.7 Å². The Hall–Kier alpha value is -3.70. The Morgan fingerprint density at radius 1 is 1.00 bits per heavy atom. The minimum atomic E-state index is 0.547. The molecule has 0 atom stereocenters. The lowest BCUT2D eigenvalue weighted by Gasteiger charge is -2.21. The molecular weight excluding hydrogens is 376 g/mol. The number of aryl methyl sites for hydroxylation is 1. The summed E-state index contributed by atoms with van der Waals surface area (Å²) >= 11 is 0. The topological polar surface area (TPSA) is 87.1 Å². The first-order valence-electron chi connectivity index (χ1n) is 10.1. The van der Waals surface area contributed by atoms with Crippen LogP contribution in [-0.2, 0) is 7.05 Å². The van der Waals surface area contributed by atoms with Crippen molar-refractivity contribution >= 4 is 11.3 Å². The molecule has 4 aromatic rings. The molecule has 5 rings (SSSR count). The Balaban J connectivity index is 1.60. The highest BCUT2D eigenvalue weighted by atomic mass is 15.2. The van der Waals surface area contributed by atoms with Crippen molar-refractivity contribution in [2.24, 2.45) is 7.05 Å². The molecule has 8 heteroatoms. The molecule has 0 amide bonds. The molecule has 30 heavy (non-hydrogen) atoms. The van der Waals surface area contributed by atoms with Gasteiger partial charge in [-0.2, -0.15) is 15.5 Å². The molecule has 1 N–H and O–H groups in total. The molecule has 0 saturated carbocycles. The smallest absolute Gasteiger partial charge is 0.128 e. The van der Waals surface area contributed by atoms with Crippen molar-refractivity contribution in [3.8, 4) is 28.3 Å². The second-order valence-corrected chi connectivity index (χ2v) is 7.50. The molecule has 0 unspecified atom stereocenters. The van der Waals surface area contributed by atoms with E-state index in [1.165, 1.54) is 0 Å². The van der Waals surface area contributed by atoms with Crippen LogP contribution in [0.15, 0.2) is 49.2 Å². The van der Waals surface area contributed by atoms with Gasteiger partial charge in [0.2, 0.25) is 0 Å². The van der Waals surface area contributed by atoms with Gasteiger partial charge in [0.1, 0.15) is 11.9 Å². The lowest BCUT2D eigenvalue weighted by Crippen LogP contribution is -2.28. The predicted octanol–water partition coefficient (Wildman–Crippen LogP) is 2.47. The van der Waals surface area contributed by atoms with Crippen LogP contribution in [0.3, 0.4) is 0 Å². The molecule has 1 aliphatic heterocycles. The molecule has 5 heterocycles. The van der Waals surface area contributed by atoms with Gasteiger partial charge in [-0.1, -0.05) is 0 Å². The maximum atomic E-state index is 9.58. The highest BCUT2D eigenvalue weighted by molar-refractivity contribution is 5.87. The Morgan fingerprint density at radius 3 is 2.70 bits per heavy atom. The summed E-state index contributed by atoms with van der Waals surface area (Å²) in [4.78, 5) is 7.05. The summed E-state index contributed by atoms with van der Waals surface area (Å²) < 4.78 is 3.54. The maximum Gasteiger partial charge on any atom is 0.128 e. The van der Waals surface area contributed by atoms with Crippen LogP contribution in [-0.4, -0.2) is 50.6 Å². The molecule has 0 spiro atoms. The second-order valence-electron chi connectivity index (χ2n) is 7.50. The molecule has 150 valence electrons. The van der Waals surface area contributed by atoms with Crippen molar-refractivity contribution in [3.63, 3.8) is 0 Å². The van der Waals surface area contributed by atoms with Crippen LogP contribution in [0.2, 0.25) is 0 Å². The average Bonchev–Trinajstić information content (AvgIpc) is 3.30. The predicted molar refractivity (Wildman–Crippen MR) is 115 cm³/mol. The number of nitrogens with one attached hydrogen (secondary N) is 1. The van der Waals surface area contributed by atoms with E-state index in [4.69, 9.17) is 4.98 Å². The Bertz CT molecular complexity index is 1220. The molecule has 0 aliphatic carbocycles. The number of fused-ring (bicyclic) bond motifs is 1. The summed E-state index contributed by atoms with van der Waals surface area (Å²) in [5.74, 6) is 0.982. The first-order chi connectivity index (χ1) is 14.7. The van der Waals surface area contributed by atoms with E-state index in [-0.39, 0.29) is 0 Å². The molecule has 0 aromatic carbocycles. The molecule has 0 bridgehead atoms. The van der Waals surface area contributed by atoms with Crippen LogP contribution in [0.5, 0.6) is 0 Å². The van der Waals surface area contributed by atoms with Crippen molar-refractivity contribution in [3.05, 3.63) is 54.7 Å². The SMILES string of the molecule is Cn1cc(-c2cc(-c3ccc(N4CCCNCC4)nc3)c3c(C#N)cnn3c2)cn1. The molecule has 8 nitrogen and oxygen atoms in total. The van der Waals surface area contributed by atoms with Gasteiger partial charge >= 0.3 is 0 Å². The number of aromatic nitrogens is 5. The third kappa shape index (κ3) is 3.29. The van der Waals surface area contributed by atoms with Gasteiger partial charge in [-0.15, -0.1) is 0 Å². The standard InChI is InChI=1S/C22H22N8/c1-28-14-19(13-26-28)17-9-20(22-18(10-23)12-27-30(22)15-17)16-3-4-21(25-11-16)29-7-2-5-24-6-8-29/h3-4,9,11-15,24H,2,5-8H2,1H3. The second kappa shape index (κ2) is 7.61. The van der Waals surface area contributed by atoms with Crippen LogP contribution in [0.25, 0.3) is 27.8 Å². The van der Waals surface area contributed by atoms with Crippen LogP contribution < -0.4 is 10.2 Å². The number of anilines is 1. The summed E-state index contributed by atoms with van der Waals surface area (Å²) in [6, 6.07) is 8.49. The fourth-order valence-electron chi connectivity index (χ4n) is 3.96. The lowest BCUT2D eigenvalue weighted by atomic mass is 10.0. The van der Waals surface area contributed by atoms with Crippen molar-refractivity contribution in [1.82, 2.24) is 29.7 Å². The highest BCUT2D eigenvalue weighted by Gasteiger charge is 2.16. The van der Waals surface area contributed by atoms with Crippen LogP contribution in [0.1, 0.15) is 12.0 Å². The average molecular weight is 398 g/mol. The molecule has 1 saturated heterocycles. The molecule has 1 aliphatic rings. The van der Waals surface area contributed by atoms with Crippen molar-refractivity contribution in [2.75, 3.05) is 31.1 Å². The molecular formula is C22H22N8. The fourth-order valence-corrected chi connectivity index (χ4v) is 3.96. The monoisotopic (exact) mass is 398 g/mol. The third-order valence-electron chi connectivity index (χ3n) is 5.49. The molecule has 4 aromatic heterocycles. The number of pyridine rings is 2. The number of hydrogen-bond acceptors (Lipinski definition) is 6. The van der Waals surface area contributed by atoms with Gasteiger partial charge in [0, 0.05) is 67.5 Å². The van der Waals surface area contributed by atoms with Gasteiger partial charge in [0.25, 0.3) is 0 Å². The van der Waals surface area contributed by atoms with Crippen LogP contribution in [0.4, 0.5) is 5.82 Å². The van der Waals surface area contributed by atoms with Crippen LogP contribution >= 0.6 is 0 Å². The summed E-state index contributed by atoms with van der Waals surface area (Å²) in [6.07, 6.45) is 10.3. The summed E-state index contributed by atoms with van der Waals surface area (Å²) in [5, 5.41) is 21.7. The van der Waals surface area contributed by atoms with Gasteiger partial charge in [-0.05, 0) is 31.2 Å². The quantitative estimate of drug-likeness (QED) is 0.570. The van der Waals surface area contributed by atoms with Crippen molar-refractivity contribution < 1.29 is 0 Å². The normalized spacial score (nSPS) is 14.6. The van der Waals surface area contributed by atoms with E-state index < -0.39 is 0 Å². The van der Waals surface area contributed by atoms with Gasteiger partial charge in [-0.25, -0.2) is 9.50 Å². The summed E-state index contributed by atoms with van der Waals surface area (Å²) in [5.41, 5.74) is 5.21. The number of rotatable bonds is 3. The van der Waals surface area contributed by atoms with E-state index in [1.54, 1.807) is 15.4 Å². The zero-order valence-electron chi connectivity index (χ0n) is 16.8. The Labute approximate surface area is 174 Å². The molecule has 0 radical (unpaired) electrons. The highest BCUT2D eigenvalue weighted by Crippen LogP contribution is 2.32. The fraction of sp³-hybridized carbons (Fsp3) is 0.273. The summed E-state index contributed by atoms with van der Waals surface area (Å²) in [7, 11) is 1.89. The zero-order chi connectivity index (χ0) is 20.5. The lowest BCUT2D eigenvalue weighted by molar-refractivity contribution is 0.724. The Kier molecular flexibility index (Phi) is 4.65. The largest absolute Gasteiger partial charge is 0.355 e. The van der Waals surface area contributed by atoms with E-state index in [0.29, 0.717) is 5.56 Å². The van der Waals surface area contributed by atoms with Gasteiger partial charge in [-0.3, -0.25) is 4.68 Å². The van der Waals surface area contributed by atoms with Crippen molar-refractivity contribution in [1.29, 1.82) is 5.26 Å². The van der Waals surface area contributed by atoms with Gasteiger partial charge < -0.3 is 10.2 Å². The first kappa shape index (κ1) is 18.3. The minimum absolute atomic E-state index is 0.547. The third-order valence-corrected chi connectivity index (χ3v) is 5.49. The summed E-state index contributed by atoms with van der Waals surface area (Å²) in [6.45, 7) is 3.97. The van der Waals surface area contributed by atoms with E-state index in [1.807, 2.05) is 31.8 Å². The number of nitrogens with zero attached hydrogens (tertiary/aromatic N) is 7. The van der Waals surface area contributed by atoms with Gasteiger partial charge in [0.15, 0.2) is 0 Å². The Morgan fingerprint density at radius 2 is 1.93 bits per heavy atom. The minimum Gasteiger partial charge on any atom is -0.355 e. The van der Waals surface area contributed by atoms with Crippen molar-refractivity contribution in [2.45, 2.75) is 6.42 Å². The zero-order valence-corrected chi connectivity index (χ0v) is 16.8.